The first-order valence-corrected chi connectivity index (χ1v) is 5.50. The Morgan fingerprint density at radius 3 is 3.33 bits per heavy atom. The van der Waals surface area contributed by atoms with Gasteiger partial charge in [0.05, 0.1) is 0 Å². The van der Waals surface area contributed by atoms with Crippen LogP contribution < -0.4 is 5.32 Å². The molecule has 0 saturated carbocycles. The van der Waals surface area contributed by atoms with Gasteiger partial charge in [-0.3, -0.25) is 0 Å². The molecule has 1 fully saturated rings. The molecular formula is C10H18N4O. The maximum atomic E-state index is 4.70. The SMILES string of the molecule is CNCC1CCN(CCc2ncon2)C1. The Balaban J connectivity index is 1.69. The first-order chi connectivity index (χ1) is 7.38. The van der Waals surface area contributed by atoms with Crippen molar-refractivity contribution in [3.05, 3.63) is 12.2 Å². The normalized spacial score (nSPS) is 22.3. The number of nitrogens with zero attached hydrogens (tertiary/aromatic N) is 3. The van der Waals surface area contributed by atoms with Crippen LogP contribution in [0.1, 0.15) is 12.2 Å². The van der Waals surface area contributed by atoms with Crippen LogP contribution in [0.4, 0.5) is 0 Å². The average molecular weight is 210 g/mol. The molecule has 0 aromatic carbocycles. The molecule has 2 rings (SSSR count). The second kappa shape index (κ2) is 5.23. The summed E-state index contributed by atoms with van der Waals surface area (Å²) >= 11 is 0. The van der Waals surface area contributed by atoms with Gasteiger partial charge in [0, 0.05) is 19.5 Å². The maximum Gasteiger partial charge on any atom is 0.213 e. The van der Waals surface area contributed by atoms with Crippen LogP contribution in [-0.4, -0.2) is 48.3 Å². The topological polar surface area (TPSA) is 54.2 Å². The number of hydrogen-bond acceptors (Lipinski definition) is 5. The summed E-state index contributed by atoms with van der Waals surface area (Å²) in [6.07, 6.45) is 3.58. The summed E-state index contributed by atoms with van der Waals surface area (Å²) in [6.45, 7) is 4.56. The zero-order chi connectivity index (χ0) is 10.5. The van der Waals surface area contributed by atoms with Gasteiger partial charge in [0.1, 0.15) is 0 Å². The van der Waals surface area contributed by atoms with Crippen molar-refractivity contribution in [3.8, 4) is 0 Å². The van der Waals surface area contributed by atoms with Gasteiger partial charge in [-0.15, -0.1) is 0 Å². The smallest absolute Gasteiger partial charge is 0.213 e. The summed E-state index contributed by atoms with van der Waals surface area (Å²) in [7, 11) is 2.02. The number of nitrogens with one attached hydrogen (secondary N) is 1. The minimum absolute atomic E-state index is 0.806. The summed E-state index contributed by atoms with van der Waals surface area (Å²) in [6, 6.07) is 0. The fraction of sp³-hybridized carbons (Fsp3) is 0.800. The van der Waals surface area contributed by atoms with Crippen molar-refractivity contribution in [2.24, 2.45) is 5.92 Å². The van der Waals surface area contributed by atoms with Gasteiger partial charge in [-0.2, -0.15) is 4.98 Å². The van der Waals surface area contributed by atoms with E-state index in [1.807, 2.05) is 7.05 Å². The van der Waals surface area contributed by atoms with E-state index in [1.54, 1.807) is 0 Å². The summed E-state index contributed by atoms with van der Waals surface area (Å²) in [5.41, 5.74) is 0. The van der Waals surface area contributed by atoms with E-state index in [0.29, 0.717) is 0 Å². The summed E-state index contributed by atoms with van der Waals surface area (Å²) in [5.74, 6) is 1.62. The third-order valence-corrected chi connectivity index (χ3v) is 2.92. The molecule has 0 spiro atoms. The van der Waals surface area contributed by atoms with E-state index >= 15 is 0 Å². The number of aromatic nitrogens is 2. The van der Waals surface area contributed by atoms with Crippen molar-refractivity contribution in [2.75, 3.05) is 33.2 Å². The molecule has 0 radical (unpaired) electrons. The second-order valence-electron chi connectivity index (χ2n) is 4.11. The van der Waals surface area contributed by atoms with E-state index in [4.69, 9.17) is 4.52 Å². The van der Waals surface area contributed by atoms with Gasteiger partial charge in [-0.25, -0.2) is 0 Å². The molecule has 0 amide bonds. The minimum Gasteiger partial charge on any atom is -0.343 e. The molecule has 1 aliphatic heterocycles. The van der Waals surface area contributed by atoms with Crippen LogP contribution >= 0.6 is 0 Å². The lowest BCUT2D eigenvalue weighted by molar-refractivity contribution is 0.321. The van der Waals surface area contributed by atoms with Crippen molar-refractivity contribution >= 4 is 0 Å². The van der Waals surface area contributed by atoms with Crippen LogP contribution in [0, 0.1) is 5.92 Å². The highest BCUT2D eigenvalue weighted by Gasteiger charge is 2.21. The largest absolute Gasteiger partial charge is 0.343 e. The standard InChI is InChI=1S/C10H18N4O/c1-11-6-9-2-4-14(7-9)5-3-10-12-8-15-13-10/h8-9,11H,2-7H2,1H3. The lowest BCUT2D eigenvalue weighted by Crippen LogP contribution is -2.26. The van der Waals surface area contributed by atoms with Gasteiger partial charge in [0.15, 0.2) is 5.82 Å². The minimum atomic E-state index is 0.806. The molecule has 1 saturated heterocycles. The van der Waals surface area contributed by atoms with Crippen molar-refractivity contribution in [3.63, 3.8) is 0 Å². The van der Waals surface area contributed by atoms with Gasteiger partial charge in [0.25, 0.3) is 0 Å². The fourth-order valence-corrected chi connectivity index (χ4v) is 2.13. The van der Waals surface area contributed by atoms with Crippen molar-refractivity contribution < 1.29 is 4.52 Å². The Morgan fingerprint density at radius 2 is 2.60 bits per heavy atom. The first kappa shape index (κ1) is 10.6. The molecule has 1 N–H and O–H groups in total. The predicted octanol–water partition coefficient (Wildman–Crippen LogP) is 0.153. The predicted molar refractivity (Wildman–Crippen MR) is 56.5 cm³/mol. The first-order valence-electron chi connectivity index (χ1n) is 5.50. The molecule has 5 nitrogen and oxygen atoms in total. The van der Waals surface area contributed by atoms with Gasteiger partial charge in [-0.05, 0) is 32.5 Å². The highest BCUT2D eigenvalue weighted by atomic mass is 16.5. The maximum absolute atomic E-state index is 4.70. The Bertz CT molecular complexity index is 275. The molecular weight excluding hydrogens is 192 g/mol. The van der Waals surface area contributed by atoms with Crippen LogP contribution in [0.3, 0.4) is 0 Å². The molecule has 1 atom stereocenters. The number of likely N-dealkylation sites (tertiary alicyclic amines) is 1. The van der Waals surface area contributed by atoms with Gasteiger partial charge in [-0.1, -0.05) is 5.16 Å². The molecule has 5 heteroatoms. The Morgan fingerprint density at radius 1 is 1.67 bits per heavy atom. The molecule has 15 heavy (non-hydrogen) atoms. The summed E-state index contributed by atoms with van der Waals surface area (Å²) < 4.78 is 4.70. The molecule has 1 aromatic heterocycles. The highest BCUT2D eigenvalue weighted by Crippen LogP contribution is 2.15. The van der Waals surface area contributed by atoms with E-state index in [1.165, 1.54) is 25.9 Å². The van der Waals surface area contributed by atoms with Crippen molar-refractivity contribution in [1.29, 1.82) is 0 Å². The number of hydrogen-bond donors (Lipinski definition) is 1. The third kappa shape index (κ3) is 3.00. The van der Waals surface area contributed by atoms with Crippen LogP contribution in [0.2, 0.25) is 0 Å². The van der Waals surface area contributed by atoms with E-state index in [2.05, 4.69) is 20.4 Å². The van der Waals surface area contributed by atoms with Crippen LogP contribution in [0.25, 0.3) is 0 Å². The third-order valence-electron chi connectivity index (χ3n) is 2.92. The van der Waals surface area contributed by atoms with E-state index < -0.39 is 0 Å². The lowest BCUT2D eigenvalue weighted by Gasteiger charge is -2.14. The molecule has 0 bridgehead atoms. The second-order valence-corrected chi connectivity index (χ2v) is 4.11. The summed E-state index contributed by atoms with van der Waals surface area (Å²) in [5, 5.41) is 7.04. The van der Waals surface area contributed by atoms with Gasteiger partial charge in [0.2, 0.25) is 6.39 Å². The Labute approximate surface area is 89.8 Å². The van der Waals surface area contributed by atoms with E-state index in [0.717, 1.165) is 31.3 Å². The van der Waals surface area contributed by atoms with Crippen LogP contribution in [0.15, 0.2) is 10.9 Å². The fourth-order valence-electron chi connectivity index (χ4n) is 2.13. The zero-order valence-corrected chi connectivity index (χ0v) is 9.15. The van der Waals surface area contributed by atoms with E-state index in [-0.39, 0.29) is 0 Å². The Kier molecular flexibility index (Phi) is 3.69. The molecule has 1 unspecified atom stereocenters. The zero-order valence-electron chi connectivity index (χ0n) is 9.15. The summed E-state index contributed by atoms with van der Waals surface area (Å²) in [4.78, 5) is 6.49. The lowest BCUT2D eigenvalue weighted by atomic mass is 10.1. The molecule has 1 aliphatic rings. The monoisotopic (exact) mass is 210 g/mol. The van der Waals surface area contributed by atoms with Crippen molar-refractivity contribution in [2.45, 2.75) is 12.8 Å². The Hall–Kier alpha value is -0.940. The van der Waals surface area contributed by atoms with Crippen LogP contribution in [0.5, 0.6) is 0 Å². The highest BCUT2D eigenvalue weighted by molar-refractivity contribution is 4.83. The quantitative estimate of drug-likeness (QED) is 0.750. The van der Waals surface area contributed by atoms with Gasteiger partial charge >= 0.3 is 0 Å². The van der Waals surface area contributed by atoms with Crippen LogP contribution in [-0.2, 0) is 6.42 Å². The molecule has 84 valence electrons. The van der Waals surface area contributed by atoms with E-state index in [9.17, 15) is 0 Å². The van der Waals surface area contributed by atoms with Crippen molar-refractivity contribution in [1.82, 2.24) is 20.4 Å². The molecule has 2 heterocycles. The average Bonchev–Trinajstić information content (AvgIpc) is 2.85. The molecule has 0 aliphatic carbocycles. The number of rotatable bonds is 5. The molecule has 1 aromatic rings. The van der Waals surface area contributed by atoms with Gasteiger partial charge < -0.3 is 14.7 Å².